The Morgan fingerprint density at radius 2 is 2.30 bits per heavy atom. The van der Waals surface area contributed by atoms with Crippen LogP contribution in [-0.2, 0) is 13.6 Å². The number of nitrogens with zero attached hydrogens (tertiary/aromatic N) is 5. The summed E-state index contributed by atoms with van der Waals surface area (Å²) in [7, 11) is 1.78. The summed E-state index contributed by atoms with van der Waals surface area (Å²) in [6.45, 7) is 0.443. The van der Waals surface area contributed by atoms with Gasteiger partial charge in [-0.2, -0.15) is 10.2 Å². The summed E-state index contributed by atoms with van der Waals surface area (Å²) in [6.07, 6.45) is 5.73. The van der Waals surface area contributed by atoms with Gasteiger partial charge < -0.3 is 0 Å². The van der Waals surface area contributed by atoms with Gasteiger partial charge in [-0.05, 0) is 18.9 Å². The topological polar surface area (TPSA) is 81.4 Å². The van der Waals surface area contributed by atoms with E-state index in [0.29, 0.717) is 23.5 Å². The van der Waals surface area contributed by atoms with Crippen LogP contribution in [0.2, 0.25) is 0 Å². The van der Waals surface area contributed by atoms with Crippen LogP contribution >= 0.6 is 0 Å². The predicted molar refractivity (Wildman–Crippen MR) is 72.4 cm³/mol. The Hall–Kier alpha value is -2.44. The predicted octanol–water partition coefficient (Wildman–Crippen LogP) is 0.779. The molecule has 0 radical (unpaired) electrons. The van der Waals surface area contributed by atoms with Crippen molar-refractivity contribution in [1.29, 1.82) is 0 Å². The van der Waals surface area contributed by atoms with Crippen LogP contribution in [0.25, 0.3) is 11.0 Å². The highest BCUT2D eigenvalue weighted by Crippen LogP contribution is 2.38. The molecule has 1 aliphatic rings. The van der Waals surface area contributed by atoms with Gasteiger partial charge in [0.1, 0.15) is 5.52 Å². The molecule has 0 spiro atoms. The first-order chi connectivity index (χ1) is 9.70. The van der Waals surface area contributed by atoms with Gasteiger partial charge in [-0.25, -0.2) is 4.98 Å². The quantitative estimate of drug-likeness (QED) is 0.762. The zero-order valence-electron chi connectivity index (χ0n) is 11.1. The second-order valence-corrected chi connectivity index (χ2v) is 5.31. The van der Waals surface area contributed by atoms with E-state index in [9.17, 15) is 4.79 Å². The molecule has 1 N–H and O–H groups in total. The molecule has 20 heavy (non-hydrogen) atoms. The fourth-order valence-corrected chi connectivity index (χ4v) is 2.39. The molecule has 3 aromatic heterocycles. The Bertz CT molecular complexity index is 838. The van der Waals surface area contributed by atoms with Gasteiger partial charge in [0.05, 0.1) is 30.5 Å². The monoisotopic (exact) mass is 270 g/mol. The Morgan fingerprint density at radius 3 is 3.10 bits per heavy atom. The van der Waals surface area contributed by atoms with Gasteiger partial charge in [0.2, 0.25) is 0 Å². The zero-order valence-corrected chi connectivity index (χ0v) is 11.1. The number of aromatic amines is 1. The van der Waals surface area contributed by atoms with Gasteiger partial charge in [-0.1, -0.05) is 0 Å². The van der Waals surface area contributed by atoms with Crippen molar-refractivity contribution in [3.8, 4) is 0 Å². The summed E-state index contributed by atoms with van der Waals surface area (Å²) in [5.74, 6) is 0.605. The molecule has 0 bridgehead atoms. The molecular formula is C13H14N6O. The van der Waals surface area contributed by atoms with Crippen molar-refractivity contribution in [1.82, 2.24) is 29.5 Å². The third kappa shape index (κ3) is 1.82. The number of hydrogen-bond acceptors (Lipinski definition) is 4. The molecule has 7 nitrogen and oxygen atoms in total. The van der Waals surface area contributed by atoms with Gasteiger partial charge >= 0.3 is 0 Å². The second kappa shape index (κ2) is 4.03. The average molecular weight is 270 g/mol. The van der Waals surface area contributed by atoms with Gasteiger partial charge in [-0.3, -0.25) is 19.1 Å². The minimum absolute atomic E-state index is 0.127. The van der Waals surface area contributed by atoms with E-state index in [2.05, 4.69) is 20.3 Å². The van der Waals surface area contributed by atoms with E-state index in [4.69, 9.17) is 0 Å². The summed E-state index contributed by atoms with van der Waals surface area (Å²) >= 11 is 0. The van der Waals surface area contributed by atoms with Crippen molar-refractivity contribution >= 4 is 11.0 Å². The summed E-state index contributed by atoms with van der Waals surface area (Å²) in [5.41, 5.74) is 2.91. The zero-order chi connectivity index (χ0) is 13.7. The number of H-pyrrole nitrogens is 1. The van der Waals surface area contributed by atoms with Crippen LogP contribution in [0.1, 0.15) is 30.1 Å². The van der Waals surface area contributed by atoms with E-state index < -0.39 is 0 Å². The summed E-state index contributed by atoms with van der Waals surface area (Å²) < 4.78 is 3.16. The molecule has 0 aliphatic heterocycles. The van der Waals surface area contributed by atoms with Crippen LogP contribution < -0.4 is 5.56 Å². The lowest BCUT2D eigenvalue weighted by Crippen LogP contribution is -2.21. The lowest BCUT2D eigenvalue weighted by atomic mass is 10.2. The summed E-state index contributed by atoms with van der Waals surface area (Å²) in [4.78, 5) is 16.6. The molecule has 3 heterocycles. The molecular weight excluding hydrogens is 256 g/mol. The van der Waals surface area contributed by atoms with Gasteiger partial charge in [0.25, 0.3) is 5.56 Å². The molecule has 7 heteroatoms. The third-order valence-electron chi connectivity index (χ3n) is 3.60. The van der Waals surface area contributed by atoms with Crippen molar-refractivity contribution in [3.05, 3.63) is 40.3 Å². The molecule has 0 aromatic carbocycles. The number of aromatic nitrogens is 6. The van der Waals surface area contributed by atoms with Crippen molar-refractivity contribution in [2.24, 2.45) is 7.05 Å². The molecule has 1 saturated carbocycles. The Morgan fingerprint density at radius 1 is 1.45 bits per heavy atom. The second-order valence-electron chi connectivity index (χ2n) is 5.31. The Labute approximate surface area is 114 Å². The minimum Gasteiger partial charge on any atom is -0.291 e. The molecule has 0 amide bonds. The minimum atomic E-state index is -0.127. The van der Waals surface area contributed by atoms with Gasteiger partial charge in [-0.15, -0.1) is 0 Å². The van der Waals surface area contributed by atoms with Crippen LogP contribution in [-0.4, -0.2) is 29.5 Å². The van der Waals surface area contributed by atoms with E-state index in [-0.39, 0.29) is 5.56 Å². The van der Waals surface area contributed by atoms with E-state index in [1.54, 1.807) is 28.8 Å². The van der Waals surface area contributed by atoms with Crippen molar-refractivity contribution < 1.29 is 0 Å². The molecule has 3 aromatic rings. The molecule has 0 saturated heterocycles. The number of fused-ring (bicyclic) bond motifs is 1. The first-order valence-corrected chi connectivity index (χ1v) is 6.63. The standard InChI is InChI=1S/C13H14N6O/c1-18-6-11-12(17-18)13(20)19(7-14-11)5-9-4-10(16-15-9)8-2-3-8/h4,6-8H,2-3,5H2,1H3,(H,15,16). The van der Waals surface area contributed by atoms with Crippen LogP contribution in [0.15, 0.2) is 23.4 Å². The molecule has 102 valence electrons. The number of aryl methyl sites for hydroxylation is 1. The maximum atomic E-state index is 12.3. The maximum absolute atomic E-state index is 12.3. The maximum Gasteiger partial charge on any atom is 0.282 e. The molecule has 0 atom stereocenters. The fourth-order valence-electron chi connectivity index (χ4n) is 2.39. The van der Waals surface area contributed by atoms with Crippen molar-refractivity contribution in [2.75, 3.05) is 0 Å². The lowest BCUT2D eigenvalue weighted by molar-refractivity contribution is 0.720. The summed E-state index contributed by atoms with van der Waals surface area (Å²) in [6, 6.07) is 2.03. The molecule has 1 aliphatic carbocycles. The van der Waals surface area contributed by atoms with Crippen LogP contribution in [0.3, 0.4) is 0 Å². The van der Waals surface area contributed by atoms with Crippen LogP contribution in [0.5, 0.6) is 0 Å². The van der Waals surface area contributed by atoms with Crippen LogP contribution in [0.4, 0.5) is 0 Å². The first-order valence-electron chi connectivity index (χ1n) is 6.63. The van der Waals surface area contributed by atoms with Gasteiger partial charge in [0.15, 0.2) is 5.52 Å². The van der Waals surface area contributed by atoms with E-state index >= 15 is 0 Å². The number of nitrogens with one attached hydrogen (secondary N) is 1. The highest BCUT2D eigenvalue weighted by Gasteiger charge is 2.26. The first kappa shape index (κ1) is 11.4. The largest absolute Gasteiger partial charge is 0.291 e. The van der Waals surface area contributed by atoms with Crippen molar-refractivity contribution in [3.63, 3.8) is 0 Å². The normalized spacial score (nSPS) is 15.1. The smallest absolute Gasteiger partial charge is 0.282 e. The van der Waals surface area contributed by atoms with Gasteiger partial charge in [0, 0.05) is 13.0 Å². The number of hydrogen-bond donors (Lipinski definition) is 1. The average Bonchev–Trinajstić information content (AvgIpc) is 3.05. The Kier molecular flexibility index (Phi) is 2.29. The summed E-state index contributed by atoms with van der Waals surface area (Å²) in [5, 5.41) is 11.4. The van der Waals surface area contributed by atoms with Crippen LogP contribution in [0, 0.1) is 0 Å². The van der Waals surface area contributed by atoms with E-state index in [0.717, 1.165) is 11.4 Å². The molecule has 4 rings (SSSR count). The fraction of sp³-hybridized carbons (Fsp3) is 0.385. The third-order valence-corrected chi connectivity index (χ3v) is 3.60. The molecule has 0 unspecified atom stereocenters. The van der Waals surface area contributed by atoms with E-state index in [1.165, 1.54) is 12.8 Å². The van der Waals surface area contributed by atoms with E-state index in [1.807, 2.05) is 6.07 Å². The Balaban J connectivity index is 1.70. The number of rotatable bonds is 3. The molecule has 1 fully saturated rings. The lowest BCUT2D eigenvalue weighted by Gasteiger charge is -2.01. The highest BCUT2D eigenvalue weighted by molar-refractivity contribution is 5.71. The SMILES string of the molecule is Cn1cc2ncn(Cc3cc(C4CC4)n[nH]3)c(=O)c2n1. The highest BCUT2D eigenvalue weighted by atomic mass is 16.1. The van der Waals surface area contributed by atoms with Crippen molar-refractivity contribution in [2.45, 2.75) is 25.3 Å².